The minimum atomic E-state index is -1.94. The SMILES string of the molecule is O=C(C[C@]1(O)C(=O)N(Cc2ccc3c(c2)OCO3)c2ccccc21)c1cccc2ccccc12. The Labute approximate surface area is 196 Å². The van der Waals surface area contributed by atoms with E-state index >= 15 is 0 Å². The first-order chi connectivity index (χ1) is 16.5. The summed E-state index contributed by atoms with van der Waals surface area (Å²) in [5.41, 5.74) is 0.414. The minimum Gasteiger partial charge on any atom is -0.454 e. The van der Waals surface area contributed by atoms with Crippen molar-refractivity contribution < 1.29 is 24.2 Å². The highest BCUT2D eigenvalue weighted by Crippen LogP contribution is 2.44. The molecule has 4 aromatic rings. The number of benzene rings is 4. The van der Waals surface area contributed by atoms with Gasteiger partial charge in [0.05, 0.1) is 18.7 Å². The fraction of sp³-hybridized carbons (Fsp3) is 0.143. The molecule has 1 N–H and O–H groups in total. The molecule has 0 aromatic heterocycles. The highest BCUT2D eigenvalue weighted by atomic mass is 16.7. The van der Waals surface area contributed by atoms with Gasteiger partial charge in [0.25, 0.3) is 5.91 Å². The van der Waals surface area contributed by atoms with Crippen LogP contribution in [0.25, 0.3) is 10.8 Å². The zero-order valence-corrected chi connectivity index (χ0v) is 18.2. The van der Waals surface area contributed by atoms with Crippen LogP contribution in [0.4, 0.5) is 5.69 Å². The molecule has 0 saturated carbocycles. The normalized spacial score (nSPS) is 18.4. The average molecular weight is 451 g/mol. The molecule has 6 heteroatoms. The monoisotopic (exact) mass is 451 g/mol. The number of Topliss-reactive ketones (excluding diaryl/α,β-unsaturated/α-hetero) is 1. The molecule has 2 aliphatic rings. The van der Waals surface area contributed by atoms with E-state index in [2.05, 4.69) is 0 Å². The summed E-state index contributed by atoms with van der Waals surface area (Å²) in [6.07, 6.45) is -0.339. The molecule has 2 aliphatic heterocycles. The zero-order chi connectivity index (χ0) is 23.3. The van der Waals surface area contributed by atoms with Crippen molar-refractivity contribution in [2.75, 3.05) is 11.7 Å². The van der Waals surface area contributed by atoms with Crippen molar-refractivity contribution in [2.45, 2.75) is 18.6 Å². The Bertz CT molecular complexity index is 1460. The third-order valence-corrected chi connectivity index (χ3v) is 6.52. The second-order valence-electron chi connectivity index (χ2n) is 8.58. The zero-order valence-electron chi connectivity index (χ0n) is 18.2. The van der Waals surface area contributed by atoms with E-state index in [9.17, 15) is 14.7 Å². The maximum absolute atomic E-state index is 13.6. The number of carbonyl (C=O) groups excluding carboxylic acids is 2. The van der Waals surface area contributed by atoms with Crippen molar-refractivity contribution in [2.24, 2.45) is 0 Å². The van der Waals surface area contributed by atoms with E-state index in [0.29, 0.717) is 28.3 Å². The number of carbonyl (C=O) groups is 2. The molecule has 0 saturated heterocycles. The number of aliphatic hydroxyl groups is 1. The number of fused-ring (bicyclic) bond motifs is 3. The molecule has 34 heavy (non-hydrogen) atoms. The topological polar surface area (TPSA) is 76.1 Å². The minimum absolute atomic E-state index is 0.167. The van der Waals surface area contributed by atoms with Gasteiger partial charge >= 0.3 is 0 Å². The van der Waals surface area contributed by atoms with Crippen LogP contribution in [0.15, 0.2) is 84.9 Å². The Kier molecular flexibility index (Phi) is 4.64. The van der Waals surface area contributed by atoms with Crippen LogP contribution in [0.1, 0.15) is 27.9 Å². The molecule has 1 atom stereocenters. The first-order valence-electron chi connectivity index (χ1n) is 11.1. The fourth-order valence-electron chi connectivity index (χ4n) is 4.85. The molecule has 0 bridgehead atoms. The predicted molar refractivity (Wildman–Crippen MR) is 127 cm³/mol. The predicted octanol–water partition coefficient (Wildman–Crippen LogP) is 4.58. The van der Waals surface area contributed by atoms with Gasteiger partial charge in [0.15, 0.2) is 22.9 Å². The largest absolute Gasteiger partial charge is 0.454 e. The number of nitrogens with zero attached hydrogens (tertiary/aromatic N) is 1. The molecule has 0 spiro atoms. The number of hydrogen-bond donors (Lipinski definition) is 1. The van der Waals surface area contributed by atoms with Crippen molar-refractivity contribution in [3.05, 3.63) is 102 Å². The van der Waals surface area contributed by atoms with Gasteiger partial charge in [-0.25, -0.2) is 0 Å². The Hall–Kier alpha value is -4.16. The summed E-state index contributed by atoms with van der Waals surface area (Å²) in [5, 5.41) is 13.4. The van der Waals surface area contributed by atoms with Gasteiger partial charge in [0.1, 0.15) is 0 Å². The standard InChI is InChI=1S/C28H21NO5/c30-24(21-9-5-7-19-6-1-2-8-20(19)21)15-28(32)22-10-3-4-11-23(22)29(27(28)31)16-18-12-13-25-26(14-18)34-17-33-25/h1-14,32H,15-17H2/t28-/m1/s1. The molecule has 6 rings (SSSR count). The van der Waals surface area contributed by atoms with Gasteiger partial charge in [0.2, 0.25) is 6.79 Å². The van der Waals surface area contributed by atoms with Gasteiger partial charge in [-0.2, -0.15) is 0 Å². The number of hydrogen-bond acceptors (Lipinski definition) is 5. The number of ketones is 1. The number of para-hydroxylation sites is 1. The van der Waals surface area contributed by atoms with Crippen LogP contribution in [-0.4, -0.2) is 23.6 Å². The van der Waals surface area contributed by atoms with E-state index in [-0.39, 0.29) is 25.5 Å². The molecule has 6 nitrogen and oxygen atoms in total. The van der Waals surface area contributed by atoms with Crippen molar-refractivity contribution in [1.82, 2.24) is 0 Å². The Morgan fingerprint density at radius 2 is 1.68 bits per heavy atom. The lowest BCUT2D eigenvalue weighted by atomic mass is 9.87. The molecule has 4 aromatic carbocycles. The molecular weight excluding hydrogens is 430 g/mol. The summed E-state index contributed by atoms with van der Waals surface area (Å²) >= 11 is 0. The number of rotatable bonds is 5. The van der Waals surface area contributed by atoms with E-state index in [1.54, 1.807) is 30.3 Å². The van der Waals surface area contributed by atoms with Crippen LogP contribution < -0.4 is 14.4 Å². The maximum atomic E-state index is 13.6. The number of amides is 1. The third kappa shape index (κ3) is 3.15. The molecule has 168 valence electrons. The smallest absolute Gasteiger partial charge is 0.264 e. The van der Waals surface area contributed by atoms with E-state index in [4.69, 9.17) is 9.47 Å². The van der Waals surface area contributed by atoms with Crippen molar-refractivity contribution in [1.29, 1.82) is 0 Å². The molecule has 0 unspecified atom stereocenters. The van der Waals surface area contributed by atoms with Gasteiger partial charge in [-0.3, -0.25) is 9.59 Å². The van der Waals surface area contributed by atoms with E-state index in [1.165, 1.54) is 4.90 Å². The summed E-state index contributed by atoms with van der Waals surface area (Å²) < 4.78 is 10.8. The van der Waals surface area contributed by atoms with Crippen LogP contribution in [-0.2, 0) is 16.9 Å². The Morgan fingerprint density at radius 3 is 2.59 bits per heavy atom. The fourth-order valence-corrected chi connectivity index (χ4v) is 4.85. The van der Waals surface area contributed by atoms with Gasteiger partial charge < -0.3 is 19.5 Å². The Morgan fingerprint density at radius 1 is 0.912 bits per heavy atom. The first-order valence-corrected chi connectivity index (χ1v) is 11.1. The summed E-state index contributed by atoms with van der Waals surface area (Å²) in [6.45, 7) is 0.400. The summed E-state index contributed by atoms with van der Waals surface area (Å²) in [4.78, 5) is 28.6. The molecule has 2 heterocycles. The second kappa shape index (κ2) is 7.71. The molecule has 1 amide bonds. The lowest BCUT2D eigenvalue weighted by Gasteiger charge is -2.23. The van der Waals surface area contributed by atoms with E-state index in [0.717, 1.165) is 16.3 Å². The Balaban J connectivity index is 1.35. The summed E-state index contributed by atoms with van der Waals surface area (Å²) in [7, 11) is 0. The molecule has 0 fully saturated rings. The van der Waals surface area contributed by atoms with Crippen LogP contribution in [0.2, 0.25) is 0 Å². The number of ether oxygens (including phenoxy) is 2. The maximum Gasteiger partial charge on any atom is 0.264 e. The van der Waals surface area contributed by atoms with Gasteiger partial charge in [-0.05, 0) is 34.5 Å². The van der Waals surface area contributed by atoms with Crippen LogP contribution in [0.5, 0.6) is 11.5 Å². The third-order valence-electron chi connectivity index (χ3n) is 6.52. The van der Waals surface area contributed by atoms with Crippen LogP contribution in [0.3, 0.4) is 0 Å². The lowest BCUT2D eigenvalue weighted by Crippen LogP contribution is -2.41. The highest BCUT2D eigenvalue weighted by molar-refractivity contribution is 6.13. The second-order valence-corrected chi connectivity index (χ2v) is 8.58. The van der Waals surface area contributed by atoms with Crippen molar-refractivity contribution >= 4 is 28.2 Å². The highest BCUT2D eigenvalue weighted by Gasteiger charge is 2.50. The quantitative estimate of drug-likeness (QED) is 0.450. The summed E-state index contributed by atoms with van der Waals surface area (Å²) in [5.74, 6) is 0.486. The molecular formula is C28H21NO5. The average Bonchev–Trinajstić information content (AvgIpc) is 3.41. The van der Waals surface area contributed by atoms with E-state index in [1.807, 2.05) is 54.6 Å². The van der Waals surface area contributed by atoms with Crippen LogP contribution >= 0.6 is 0 Å². The van der Waals surface area contributed by atoms with Crippen LogP contribution in [0, 0.1) is 0 Å². The van der Waals surface area contributed by atoms with E-state index < -0.39 is 11.5 Å². The van der Waals surface area contributed by atoms with Gasteiger partial charge in [-0.15, -0.1) is 0 Å². The molecule has 0 aliphatic carbocycles. The van der Waals surface area contributed by atoms with Crippen molar-refractivity contribution in [3.63, 3.8) is 0 Å². The lowest BCUT2D eigenvalue weighted by molar-refractivity contribution is -0.136. The van der Waals surface area contributed by atoms with Gasteiger partial charge in [-0.1, -0.05) is 66.7 Å². The first kappa shape index (κ1) is 20.4. The number of anilines is 1. The van der Waals surface area contributed by atoms with Gasteiger partial charge in [0, 0.05) is 11.1 Å². The summed E-state index contributed by atoms with van der Waals surface area (Å²) in [6, 6.07) is 25.7. The molecule has 0 radical (unpaired) electrons. The van der Waals surface area contributed by atoms with Crippen molar-refractivity contribution in [3.8, 4) is 11.5 Å².